The Morgan fingerprint density at radius 1 is 0.962 bits per heavy atom. The molecule has 0 radical (unpaired) electrons. The highest BCUT2D eigenvalue weighted by molar-refractivity contribution is 5.76. The van der Waals surface area contributed by atoms with Gasteiger partial charge in [0.2, 0.25) is 5.91 Å². The summed E-state index contributed by atoms with van der Waals surface area (Å²) in [6.07, 6.45) is 8.60. The fourth-order valence-electron chi connectivity index (χ4n) is 5.50. The Labute approximate surface area is 156 Å². The minimum Gasteiger partial charge on any atom is -0.450 e. The van der Waals surface area contributed by atoms with E-state index in [2.05, 4.69) is 9.80 Å². The molecule has 4 aliphatic rings. The fourth-order valence-corrected chi connectivity index (χ4v) is 5.50. The van der Waals surface area contributed by atoms with Gasteiger partial charge in [0.1, 0.15) is 0 Å². The molecule has 4 aliphatic heterocycles. The average Bonchev–Trinajstić information content (AvgIpc) is 2.89. The third-order valence-corrected chi connectivity index (χ3v) is 6.86. The lowest BCUT2D eigenvalue weighted by molar-refractivity contribution is -0.135. The van der Waals surface area contributed by atoms with Crippen LogP contribution in [0, 0.1) is 5.92 Å². The molecule has 6 heteroatoms. The molecular weight excluding hydrogens is 330 g/mol. The molecule has 0 aromatic heterocycles. The second kappa shape index (κ2) is 7.75. The van der Waals surface area contributed by atoms with E-state index in [1.807, 2.05) is 11.8 Å². The van der Waals surface area contributed by atoms with Crippen LogP contribution in [0.1, 0.15) is 58.3 Å². The lowest BCUT2D eigenvalue weighted by atomic mass is 9.88. The first kappa shape index (κ1) is 18.1. The number of piperidine rings is 2. The van der Waals surface area contributed by atoms with E-state index in [9.17, 15) is 9.59 Å². The predicted molar refractivity (Wildman–Crippen MR) is 98.8 cm³/mol. The second-order valence-corrected chi connectivity index (χ2v) is 8.58. The summed E-state index contributed by atoms with van der Waals surface area (Å²) in [5, 5.41) is 0. The Morgan fingerprint density at radius 2 is 1.62 bits per heavy atom. The van der Waals surface area contributed by atoms with Gasteiger partial charge >= 0.3 is 6.09 Å². The van der Waals surface area contributed by atoms with E-state index >= 15 is 0 Å². The number of fused-ring (bicyclic) bond motifs is 2. The summed E-state index contributed by atoms with van der Waals surface area (Å²) in [4.78, 5) is 31.3. The van der Waals surface area contributed by atoms with Crippen molar-refractivity contribution in [3.63, 3.8) is 0 Å². The molecule has 4 fully saturated rings. The van der Waals surface area contributed by atoms with Crippen LogP contribution >= 0.6 is 0 Å². The van der Waals surface area contributed by atoms with Crippen molar-refractivity contribution in [1.29, 1.82) is 0 Å². The van der Waals surface area contributed by atoms with Gasteiger partial charge in [-0.15, -0.1) is 0 Å². The topological polar surface area (TPSA) is 53.1 Å². The Balaban J connectivity index is 1.23. The Hall–Kier alpha value is -1.30. The summed E-state index contributed by atoms with van der Waals surface area (Å²) in [5.41, 5.74) is 0. The molecule has 2 unspecified atom stereocenters. The predicted octanol–water partition coefficient (Wildman–Crippen LogP) is 2.47. The molecule has 0 saturated carbocycles. The van der Waals surface area contributed by atoms with E-state index in [1.54, 1.807) is 0 Å². The number of nitrogens with zero attached hydrogens (tertiary/aromatic N) is 3. The summed E-state index contributed by atoms with van der Waals surface area (Å²) in [5.74, 6) is 0.900. The van der Waals surface area contributed by atoms with E-state index < -0.39 is 0 Å². The van der Waals surface area contributed by atoms with Crippen molar-refractivity contribution in [2.75, 3.05) is 32.8 Å². The van der Waals surface area contributed by atoms with E-state index in [0.717, 1.165) is 58.3 Å². The zero-order valence-corrected chi connectivity index (χ0v) is 16.1. The number of hydrogen-bond donors (Lipinski definition) is 0. The van der Waals surface area contributed by atoms with Crippen LogP contribution in [0.4, 0.5) is 4.79 Å². The zero-order valence-electron chi connectivity index (χ0n) is 16.1. The molecule has 0 N–H and O–H groups in total. The van der Waals surface area contributed by atoms with Gasteiger partial charge in [-0.25, -0.2) is 4.79 Å². The minimum atomic E-state index is -0.118. The van der Waals surface area contributed by atoms with Gasteiger partial charge < -0.3 is 14.5 Å². The van der Waals surface area contributed by atoms with Crippen LogP contribution in [-0.4, -0.2) is 77.6 Å². The summed E-state index contributed by atoms with van der Waals surface area (Å²) in [6, 6.07) is 1.29. The van der Waals surface area contributed by atoms with Crippen LogP contribution in [0.25, 0.3) is 0 Å². The molecule has 0 spiro atoms. The SMILES string of the molecule is CCOC(=O)N1C2CCC1CC(N1CC(CC(=O)N3CCCCC3)C1)C2. The van der Waals surface area contributed by atoms with Crippen molar-refractivity contribution in [2.45, 2.75) is 76.4 Å². The summed E-state index contributed by atoms with van der Waals surface area (Å²) < 4.78 is 5.25. The van der Waals surface area contributed by atoms with E-state index in [0.29, 0.717) is 36.6 Å². The highest BCUT2D eigenvalue weighted by atomic mass is 16.6. The van der Waals surface area contributed by atoms with Crippen molar-refractivity contribution in [3.8, 4) is 0 Å². The second-order valence-electron chi connectivity index (χ2n) is 8.58. The third kappa shape index (κ3) is 3.57. The summed E-state index contributed by atoms with van der Waals surface area (Å²) >= 11 is 0. The molecule has 0 aliphatic carbocycles. The number of ether oxygens (including phenoxy) is 1. The van der Waals surface area contributed by atoms with Gasteiger partial charge in [-0.05, 0) is 57.8 Å². The van der Waals surface area contributed by atoms with Crippen molar-refractivity contribution < 1.29 is 14.3 Å². The number of likely N-dealkylation sites (tertiary alicyclic amines) is 2. The van der Waals surface area contributed by atoms with Gasteiger partial charge in [0.25, 0.3) is 0 Å². The van der Waals surface area contributed by atoms with Gasteiger partial charge in [0.05, 0.1) is 6.61 Å². The molecule has 6 nitrogen and oxygen atoms in total. The van der Waals surface area contributed by atoms with Gasteiger partial charge in [-0.2, -0.15) is 0 Å². The summed E-state index contributed by atoms with van der Waals surface area (Å²) in [7, 11) is 0. The molecule has 146 valence electrons. The fraction of sp³-hybridized carbons (Fsp3) is 0.900. The van der Waals surface area contributed by atoms with Crippen LogP contribution in [-0.2, 0) is 9.53 Å². The summed E-state index contributed by atoms with van der Waals surface area (Å²) in [6.45, 7) is 6.37. The Bertz CT molecular complexity index is 514. The van der Waals surface area contributed by atoms with Crippen molar-refractivity contribution in [1.82, 2.24) is 14.7 Å². The Morgan fingerprint density at radius 3 is 2.23 bits per heavy atom. The van der Waals surface area contributed by atoms with Crippen LogP contribution in [0.2, 0.25) is 0 Å². The van der Waals surface area contributed by atoms with Gasteiger partial charge in [0, 0.05) is 50.7 Å². The van der Waals surface area contributed by atoms with Crippen LogP contribution in [0.15, 0.2) is 0 Å². The lowest BCUT2D eigenvalue weighted by Crippen LogP contribution is -2.59. The van der Waals surface area contributed by atoms with Crippen LogP contribution in [0.5, 0.6) is 0 Å². The maximum Gasteiger partial charge on any atom is 0.410 e. The smallest absolute Gasteiger partial charge is 0.410 e. The highest BCUT2D eigenvalue weighted by Crippen LogP contribution is 2.40. The number of carbonyl (C=O) groups is 2. The normalized spacial score (nSPS) is 32.4. The molecule has 2 atom stereocenters. The molecule has 4 rings (SSSR count). The van der Waals surface area contributed by atoms with Gasteiger partial charge in [-0.1, -0.05) is 0 Å². The first-order valence-electron chi connectivity index (χ1n) is 10.6. The largest absolute Gasteiger partial charge is 0.450 e. The number of carbonyl (C=O) groups excluding carboxylic acids is 2. The maximum absolute atomic E-state index is 12.4. The Kier molecular flexibility index (Phi) is 5.39. The van der Waals surface area contributed by atoms with Gasteiger partial charge in [0.15, 0.2) is 0 Å². The molecule has 0 aromatic carbocycles. The van der Waals surface area contributed by atoms with Gasteiger partial charge in [-0.3, -0.25) is 9.69 Å². The molecule has 4 heterocycles. The minimum absolute atomic E-state index is 0.118. The molecule has 26 heavy (non-hydrogen) atoms. The lowest BCUT2D eigenvalue weighted by Gasteiger charge is -2.49. The first-order chi connectivity index (χ1) is 12.7. The van der Waals surface area contributed by atoms with Crippen molar-refractivity contribution >= 4 is 12.0 Å². The number of hydrogen-bond acceptors (Lipinski definition) is 4. The monoisotopic (exact) mass is 363 g/mol. The maximum atomic E-state index is 12.4. The quantitative estimate of drug-likeness (QED) is 0.770. The molecule has 0 aromatic rings. The van der Waals surface area contributed by atoms with Crippen LogP contribution < -0.4 is 0 Å². The zero-order chi connectivity index (χ0) is 18.1. The molecule has 2 amide bonds. The van der Waals surface area contributed by atoms with E-state index in [1.165, 1.54) is 19.3 Å². The van der Waals surface area contributed by atoms with Crippen LogP contribution in [0.3, 0.4) is 0 Å². The van der Waals surface area contributed by atoms with E-state index in [4.69, 9.17) is 4.74 Å². The molecular formula is C20H33N3O3. The number of rotatable bonds is 4. The third-order valence-electron chi connectivity index (χ3n) is 6.86. The number of amides is 2. The van der Waals surface area contributed by atoms with Crippen molar-refractivity contribution in [2.24, 2.45) is 5.92 Å². The highest BCUT2D eigenvalue weighted by Gasteiger charge is 2.47. The molecule has 2 bridgehead atoms. The average molecular weight is 364 g/mol. The molecule has 4 saturated heterocycles. The van der Waals surface area contributed by atoms with Crippen molar-refractivity contribution in [3.05, 3.63) is 0 Å². The standard InChI is InChI=1S/C20H33N3O3/c1-2-26-20(25)23-16-6-7-17(23)12-18(11-16)22-13-15(14-22)10-19(24)21-8-4-3-5-9-21/h15-18H,2-14H2,1H3. The first-order valence-corrected chi connectivity index (χ1v) is 10.6. The van der Waals surface area contributed by atoms with E-state index in [-0.39, 0.29) is 6.09 Å².